The Labute approximate surface area is 120 Å². The molecular weight excluding hydrogens is 248 g/mol. The molecule has 0 aliphatic heterocycles. The SMILES string of the molecule is CCOC(C)Oc1ccccc1C#Cc1ccccc1. The molecule has 1 atom stereocenters. The van der Waals surface area contributed by atoms with Crippen molar-refractivity contribution in [3.05, 3.63) is 65.7 Å². The molecule has 0 saturated heterocycles. The maximum absolute atomic E-state index is 5.75. The summed E-state index contributed by atoms with van der Waals surface area (Å²) in [6, 6.07) is 17.6. The zero-order chi connectivity index (χ0) is 14.2. The van der Waals surface area contributed by atoms with E-state index in [1.54, 1.807) is 0 Å². The van der Waals surface area contributed by atoms with Gasteiger partial charge in [-0.1, -0.05) is 42.2 Å². The number of rotatable bonds is 4. The second-order valence-corrected chi connectivity index (χ2v) is 4.25. The van der Waals surface area contributed by atoms with Gasteiger partial charge in [0.05, 0.1) is 5.56 Å². The topological polar surface area (TPSA) is 18.5 Å². The average Bonchev–Trinajstić information content (AvgIpc) is 2.48. The smallest absolute Gasteiger partial charge is 0.197 e. The molecule has 2 aromatic carbocycles. The molecule has 0 fully saturated rings. The van der Waals surface area contributed by atoms with E-state index in [0.29, 0.717) is 6.61 Å². The van der Waals surface area contributed by atoms with Crippen molar-refractivity contribution >= 4 is 0 Å². The Bertz CT molecular complexity index is 594. The third-order valence-corrected chi connectivity index (χ3v) is 2.70. The van der Waals surface area contributed by atoms with E-state index in [1.807, 2.05) is 68.4 Å². The van der Waals surface area contributed by atoms with Crippen LogP contribution in [0.4, 0.5) is 0 Å². The molecule has 2 aromatic rings. The monoisotopic (exact) mass is 266 g/mol. The second kappa shape index (κ2) is 7.37. The number of benzene rings is 2. The highest BCUT2D eigenvalue weighted by molar-refractivity contribution is 5.49. The summed E-state index contributed by atoms with van der Waals surface area (Å²) in [4.78, 5) is 0. The van der Waals surface area contributed by atoms with Crippen LogP contribution in [0.15, 0.2) is 54.6 Å². The van der Waals surface area contributed by atoms with Crippen LogP contribution in [-0.4, -0.2) is 12.9 Å². The van der Waals surface area contributed by atoms with E-state index >= 15 is 0 Å². The molecule has 0 amide bonds. The van der Waals surface area contributed by atoms with Gasteiger partial charge in [0, 0.05) is 12.2 Å². The molecule has 0 aromatic heterocycles. The zero-order valence-corrected chi connectivity index (χ0v) is 11.8. The molecule has 0 heterocycles. The van der Waals surface area contributed by atoms with E-state index < -0.39 is 0 Å². The van der Waals surface area contributed by atoms with Gasteiger partial charge in [0.2, 0.25) is 0 Å². The zero-order valence-electron chi connectivity index (χ0n) is 11.8. The largest absolute Gasteiger partial charge is 0.464 e. The normalized spacial score (nSPS) is 11.3. The van der Waals surface area contributed by atoms with E-state index in [2.05, 4.69) is 11.8 Å². The molecule has 0 aliphatic carbocycles. The third-order valence-electron chi connectivity index (χ3n) is 2.70. The number of para-hydroxylation sites is 1. The van der Waals surface area contributed by atoms with Crippen molar-refractivity contribution in [1.29, 1.82) is 0 Å². The van der Waals surface area contributed by atoms with Crippen molar-refractivity contribution in [3.8, 4) is 17.6 Å². The molecule has 102 valence electrons. The molecule has 0 bridgehead atoms. The van der Waals surface area contributed by atoms with E-state index in [1.165, 1.54) is 0 Å². The summed E-state index contributed by atoms with van der Waals surface area (Å²) < 4.78 is 11.1. The first-order chi connectivity index (χ1) is 9.79. The van der Waals surface area contributed by atoms with E-state index in [0.717, 1.165) is 16.9 Å². The summed E-state index contributed by atoms with van der Waals surface area (Å²) in [6.45, 7) is 4.45. The Kier molecular flexibility index (Phi) is 5.23. The van der Waals surface area contributed by atoms with E-state index in [9.17, 15) is 0 Å². The Morgan fingerprint density at radius 3 is 2.40 bits per heavy atom. The van der Waals surface area contributed by atoms with Gasteiger partial charge in [0.25, 0.3) is 0 Å². The standard InChI is InChI=1S/C18H18O2/c1-3-19-15(2)20-18-12-8-7-11-17(18)14-13-16-9-5-4-6-10-16/h4-12,15H,3H2,1-2H3. The predicted molar refractivity (Wildman–Crippen MR) is 80.6 cm³/mol. The molecule has 0 saturated carbocycles. The fourth-order valence-electron chi connectivity index (χ4n) is 1.78. The molecule has 20 heavy (non-hydrogen) atoms. The van der Waals surface area contributed by atoms with Crippen molar-refractivity contribution in [3.63, 3.8) is 0 Å². The highest BCUT2D eigenvalue weighted by Crippen LogP contribution is 2.18. The molecule has 2 nitrogen and oxygen atoms in total. The van der Waals surface area contributed by atoms with Crippen LogP contribution in [0, 0.1) is 11.8 Å². The molecule has 0 N–H and O–H groups in total. The van der Waals surface area contributed by atoms with E-state index in [-0.39, 0.29) is 6.29 Å². The van der Waals surface area contributed by atoms with Crippen LogP contribution in [0.2, 0.25) is 0 Å². The first-order valence-corrected chi connectivity index (χ1v) is 6.74. The molecule has 1 unspecified atom stereocenters. The molecule has 2 heteroatoms. The van der Waals surface area contributed by atoms with Gasteiger partial charge in [0.1, 0.15) is 5.75 Å². The van der Waals surface area contributed by atoms with Crippen molar-refractivity contribution < 1.29 is 9.47 Å². The van der Waals surface area contributed by atoms with Crippen LogP contribution >= 0.6 is 0 Å². The van der Waals surface area contributed by atoms with Gasteiger partial charge in [-0.15, -0.1) is 0 Å². The first-order valence-electron chi connectivity index (χ1n) is 6.74. The maximum atomic E-state index is 5.75. The lowest BCUT2D eigenvalue weighted by atomic mass is 10.1. The van der Waals surface area contributed by atoms with Gasteiger partial charge in [-0.2, -0.15) is 0 Å². The van der Waals surface area contributed by atoms with Gasteiger partial charge in [-0.05, 0) is 38.1 Å². The van der Waals surface area contributed by atoms with Crippen LogP contribution in [0.25, 0.3) is 0 Å². The Morgan fingerprint density at radius 1 is 0.950 bits per heavy atom. The quantitative estimate of drug-likeness (QED) is 0.618. The first kappa shape index (κ1) is 14.2. The fourth-order valence-corrected chi connectivity index (χ4v) is 1.78. The lowest BCUT2D eigenvalue weighted by molar-refractivity contribution is -0.0614. The maximum Gasteiger partial charge on any atom is 0.197 e. The number of ether oxygens (including phenoxy) is 2. The van der Waals surface area contributed by atoms with Gasteiger partial charge in [0.15, 0.2) is 6.29 Å². The third kappa shape index (κ3) is 4.15. The van der Waals surface area contributed by atoms with Gasteiger partial charge in [-0.3, -0.25) is 0 Å². The van der Waals surface area contributed by atoms with Gasteiger partial charge < -0.3 is 9.47 Å². The molecule has 0 spiro atoms. The molecule has 0 radical (unpaired) electrons. The van der Waals surface area contributed by atoms with Gasteiger partial charge in [-0.25, -0.2) is 0 Å². The van der Waals surface area contributed by atoms with Crippen molar-refractivity contribution in [2.45, 2.75) is 20.1 Å². The summed E-state index contributed by atoms with van der Waals surface area (Å²) >= 11 is 0. The Hall–Kier alpha value is -2.24. The molecule has 0 aliphatic rings. The number of hydrogen-bond donors (Lipinski definition) is 0. The Morgan fingerprint density at radius 2 is 1.65 bits per heavy atom. The molecule has 2 rings (SSSR count). The van der Waals surface area contributed by atoms with E-state index in [4.69, 9.17) is 9.47 Å². The van der Waals surface area contributed by atoms with Crippen LogP contribution in [0.5, 0.6) is 5.75 Å². The lowest BCUT2D eigenvalue weighted by Gasteiger charge is -2.15. The fraction of sp³-hybridized carbons (Fsp3) is 0.222. The van der Waals surface area contributed by atoms with Crippen LogP contribution in [0.1, 0.15) is 25.0 Å². The second-order valence-electron chi connectivity index (χ2n) is 4.25. The lowest BCUT2D eigenvalue weighted by Crippen LogP contribution is -2.16. The molecular formula is C18H18O2. The number of hydrogen-bond acceptors (Lipinski definition) is 2. The minimum atomic E-state index is -0.278. The van der Waals surface area contributed by atoms with Crippen LogP contribution in [0.3, 0.4) is 0 Å². The summed E-state index contributed by atoms with van der Waals surface area (Å²) in [6.07, 6.45) is -0.278. The van der Waals surface area contributed by atoms with Crippen molar-refractivity contribution in [2.24, 2.45) is 0 Å². The Balaban J connectivity index is 2.18. The summed E-state index contributed by atoms with van der Waals surface area (Å²) in [5.41, 5.74) is 1.85. The van der Waals surface area contributed by atoms with Crippen molar-refractivity contribution in [2.75, 3.05) is 6.61 Å². The minimum Gasteiger partial charge on any atom is -0.464 e. The van der Waals surface area contributed by atoms with Crippen LogP contribution in [-0.2, 0) is 4.74 Å². The van der Waals surface area contributed by atoms with Gasteiger partial charge >= 0.3 is 0 Å². The minimum absolute atomic E-state index is 0.278. The summed E-state index contributed by atoms with van der Waals surface area (Å²) in [5, 5.41) is 0. The summed E-state index contributed by atoms with van der Waals surface area (Å²) in [7, 11) is 0. The average molecular weight is 266 g/mol. The highest BCUT2D eigenvalue weighted by Gasteiger charge is 2.05. The van der Waals surface area contributed by atoms with Crippen LogP contribution < -0.4 is 4.74 Å². The highest BCUT2D eigenvalue weighted by atomic mass is 16.7. The van der Waals surface area contributed by atoms with Crippen molar-refractivity contribution in [1.82, 2.24) is 0 Å². The predicted octanol–water partition coefficient (Wildman–Crippen LogP) is 3.85. The summed E-state index contributed by atoms with van der Waals surface area (Å²) in [5.74, 6) is 7.03.